The molecular formula is C15H23N5. The van der Waals surface area contributed by atoms with Gasteiger partial charge in [0.25, 0.3) is 0 Å². The highest BCUT2D eigenvalue weighted by Crippen LogP contribution is 2.26. The lowest BCUT2D eigenvalue weighted by Crippen LogP contribution is -2.20. The molecular weight excluding hydrogens is 250 g/mol. The Hall–Kier alpha value is -1.78. The van der Waals surface area contributed by atoms with Gasteiger partial charge < -0.3 is 15.0 Å². The molecule has 0 amide bonds. The highest BCUT2D eigenvalue weighted by molar-refractivity contribution is 5.65. The second-order valence-corrected chi connectivity index (χ2v) is 5.84. The zero-order valence-electron chi connectivity index (χ0n) is 12.3. The number of aromatic nitrogens is 3. The Morgan fingerprint density at radius 3 is 3.00 bits per heavy atom. The SMILES string of the molecule is CNc1cn2ccnc2c(NC2CCCC(C)CC2)n1. The molecule has 0 radical (unpaired) electrons. The molecule has 1 fully saturated rings. The molecule has 0 saturated heterocycles. The van der Waals surface area contributed by atoms with Crippen LogP contribution in [-0.4, -0.2) is 27.5 Å². The van der Waals surface area contributed by atoms with Gasteiger partial charge in [-0.05, 0) is 25.2 Å². The zero-order chi connectivity index (χ0) is 13.9. The number of hydrogen-bond acceptors (Lipinski definition) is 4. The van der Waals surface area contributed by atoms with Crippen LogP contribution in [0, 0.1) is 5.92 Å². The lowest BCUT2D eigenvalue weighted by molar-refractivity contribution is 0.502. The minimum absolute atomic E-state index is 0.514. The van der Waals surface area contributed by atoms with E-state index < -0.39 is 0 Å². The lowest BCUT2D eigenvalue weighted by atomic mass is 10.0. The Labute approximate surface area is 119 Å². The van der Waals surface area contributed by atoms with Gasteiger partial charge in [-0.15, -0.1) is 0 Å². The maximum Gasteiger partial charge on any atom is 0.180 e. The van der Waals surface area contributed by atoms with Crippen LogP contribution in [0.25, 0.3) is 5.65 Å². The van der Waals surface area contributed by atoms with Crippen molar-refractivity contribution < 1.29 is 0 Å². The molecule has 2 N–H and O–H groups in total. The number of nitrogens with zero attached hydrogens (tertiary/aromatic N) is 3. The van der Waals surface area contributed by atoms with Crippen molar-refractivity contribution in [3.63, 3.8) is 0 Å². The van der Waals surface area contributed by atoms with Gasteiger partial charge in [0.15, 0.2) is 11.5 Å². The standard InChI is InChI=1S/C15H23N5/c1-11-4-3-5-12(7-6-11)18-14-15-17-8-9-20(15)10-13(16-2)19-14/h8-12,16H,3-7H2,1-2H3,(H,18,19). The highest BCUT2D eigenvalue weighted by atomic mass is 15.1. The van der Waals surface area contributed by atoms with Crippen molar-refractivity contribution in [3.05, 3.63) is 18.6 Å². The van der Waals surface area contributed by atoms with Gasteiger partial charge in [0.05, 0.1) is 6.20 Å². The van der Waals surface area contributed by atoms with Crippen molar-refractivity contribution in [2.24, 2.45) is 5.92 Å². The fraction of sp³-hybridized carbons (Fsp3) is 0.600. The largest absolute Gasteiger partial charge is 0.372 e. The summed E-state index contributed by atoms with van der Waals surface area (Å²) in [5.74, 6) is 2.60. The molecule has 1 aliphatic rings. The first-order chi connectivity index (χ1) is 9.76. The number of anilines is 2. The van der Waals surface area contributed by atoms with Crippen LogP contribution in [0.15, 0.2) is 18.6 Å². The van der Waals surface area contributed by atoms with Crippen LogP contribution in [0.3, 0.4) is 0 Å². The molecule has 0 aromatic carbocycles. The van der Waals surface area contributed by atoms with Crippen molar-refractivity contribution in [3.8, 4) is 0 Å². The summed E-state index contributed by atoms with van der Waals surface area (Å²) < 4.78 is 2.01. The van der Waals surface area contributed by atoms with E-state index in [1.807, 2.05) is 30.0 Å². The molecule has 108 valence electrons. The van der Waals surface area contributed by atoms with Crippen molar-refractivity contribution in [1.29, 1.82) is 0 Å². The smallest absolute Gasteiger partial charge is 0.180 e. The number of hydrogen-bond donors (Lipinski definition) is 2. The number of fused-ring (bicyclic) bond motifs is 1. The maximum absolute atomic E-state index is 4.63. The normalized spacial score (nSPS) is 23.5. The molecule has 1 aliphatic carbocycles. The quantitative estimate of drug-likeness (QED) is 0.844. The Morgan fingerprint density at radius 1 is 1.25 bits per heavy atom. The van der Waals surface area contributed by atoms with E-state index in [0.717, 1.165) is 23.2 Å². The molecule has 3 rings (SSSR count). The van der Waals surface area contributed by atoms with Crippen molar-refractivity contribution in [2.45, 2.75) is 45.1 Å². The Bertz CT molecular complexity index is 577. The van der Waals surface area contributed by atoms with Crippen molar-refractivity contribution in [2.75, 3.05) is 17.7 Å². The fourth-order valence-electron chi connectivity index (χ4n) is 2.97. The molecule has 0 aliphatic heterocycles. The van der Waals surface area contributed by atoms with Crippen LogP contribution in [-0.2, 0) is 0 Å². The van der Waals surface area contributed by atoms with Gasteiger partial charge in [-0.2, -0.15) is 0 Å². The zero-order valence-corrected chi connectivity index (χ0v) is 12.3. The van der Waals surface area contributed by atoms with Gasteiger partial charge in [-0.3, -0.25) is 0 Å². The average molecular weight is 273 g/mol. The second kappa shape index (κ2) is 5.69. The van der Waals surface area contributed by atoms with E-state index in [9.17, 15) is 0 Å². The number of rotatable bonds is 3. The third-order valence-electron chi connectivity index (χ3n) is 4.23. The van der Waals surface area contributed by atoms with Crippen LogP contribution in [0.2, 0.25) is 0 Å². The Kier molecular flexibility index (Phi) is 3.76. The summed E-state index contributed by atoms with van der Waals surface area (Å²) in [7, 11) is 1.89. The van der Waals surface area contributed by atoms with E-state index in [0.29, 0.717) is 6.04 Å². The summed E-state index contributed by atoms with van der Waals surface area (Å²) in [5, 5.41) is 6.72. The number of nitrogens with one attached hydrogen (secondary N) is 2. The van der Waals surface area contributed by atoms with Gasteiger partial charge in [-0.25, -0.2) is 9.97 Å². The summed E-state index contributed by atoms with van der Waals surface area (Å²) in [4.78, 5) is 9.04. The predicted octanol–water partition coefficient (Wildman–Crippen LogP) is 3.15. The Morgan fingerprint density at radius 2 is 2.15 bits per heavy atom. The molecule has 5 heteroatoms. The van der Waals surface area contributed by atoms with E-state index in [-0.39, 0.29) is 0 Å². The summed E-state index contributed by atoms with van der Waals surface area (Å²) in [6.45, 7) is 2.36. The second-order valence-electron chi connectivity index (χ2n) is 5.84. The summed E-state index contributed by atoms with van der Waals surface area (Å²) in [6, 6.07) is 0.514. The minimum atomic E-state index is 0.514. The molecule has 2 unspecified atom stereocenters. The van der Waals surface area contributed by atoms with Crippen molar-refractivity contribution >= 4 is 17.3 Å². The molecule has 2 aromatic heterocycles. The first-order valence-electron chi connectivity index (χ1n) is 7.54. The fourth-order valence-corrected chi connectivity index (χ4v) is 2.97. The highest BCUT2D eigenvalue weighted by Gasteiger charge is 2.18. The summed E-state index contributed by atoms with van der Waals surface area (Å²) >= 11 is 0. The van der Waals surface area contributed by atoms with E-state index in [1.54, 1.807) is 0 Å². The topological polar surface area (TPSA) is 54.2 Å². The monoisotopic (exact) mass is 273 g/mol. The van der Waals surface area contributed by atoms with Crippen LogP contribution in [0.5, 0.6) is 0 Å². The first kappa shape index (κ1) is 13.2. The third kappa shape index (κ3) is 2.71. The van der Waals surface area contributed by atoms with E-state index in [4.69, 9.17) is 0 Å². The van der Waals surface area contributed by atoms with Crippen LogP contribution >= 0.6 is 0 Å². The molecule has 0 spiro atoms. The number of imidazole rings is 1. The predicted molar refractivity (Wildman–Crippen MR) is 82.2 cm³/mol. The van der Waals surface area contributed by atoms with Crippen LogP contribution in [0.4, 0.5) is 11.6 Å². The van der Waals surface area contributed by atoms with Crippen LogP contribution in [0.1, 0.15) is 39.0 Å². The molecule has 5 nitrogen and oxygen atoms in total. The van der Waals surface area contributed by atoms with E-state index >= 15 is 0 Å². The van der Waals surface area contributed by atoms with Crippen molar-refractivity contribution in [1.82, 2.24) is 14.4 Å². The minimum Gasteiger partial charge on any atom is -0.372 e. The summed E-state index contributed by atoms with van der Waals surface area (Å²) in [6.07, 6.45) is 12.1. The van der Waals surface area contributed by atoms with Crippen LogP contribution < -0.4 is 10.6 Å². The molecule has 0 bridgehead atoms. The molecule has 20 heavy (non-hydrogen) atoms. The van der Waals surface area contributed by atoms with Gasteiger partial charge in [-0.1, -0.05) is 19.8 Å². The van der Waals surface area contributed by atoms with Gasteiger partial charge in [0, 0.05) is 25.5 Å². The molecule has 2 heterocycles. The van der Waals surface area contributed by atoms with E-state index in [1.165, 1.54) is 32.1 Å². The first-order valence-corrected chi connectivity index (χ1v) is 7.54. The van der Waals surface area contributed by atoms with Gasteiger partial charge >= 0.3 is 0 Å². The Balaban J connectivity index is 1.84. The maximum atomic E-state index is 4.63. The molecule has 2 aromatic rings. The molecule has 1 saturated carbocycles. The summed E-state index contributed by atoms with van der Waals surface area (Å²) in [5.41, 5.74) is 0.904. The third-order valence-corrected chi connectivity index (χ3v) is 4.23. The average Bonchev–Trinajstić information content (AvgIpc) is 2.83. The van der Waals surface area contributed by atoms with Gasteiger partial charge in [0.2, 0.25) is 0 Å². The lowest BCUT2D eigenvalue weighted by Gasteiger charge is -2.18. The van der Waals surface area contributed by atoms with Gasteiger partial charge in [0.1, 0.15) is 5.82 Å². The van der Waals surface area contributed by atoms with E-state index in [2.05, 4.69) is 27.5 Å². The molecule has 2 atom stereocenters.